The fourth-order valence-corrected chi connectivity index (χ4v) is 1.96. The topological polar surface area (TPSA) is 29.5 Å². The molecule has 0 bridgehead atoms. The molecule has 0 aliphatic carbocycles. The number of methoxy groups -OCH3 is 1. The Labute approximate surface area is 113 Å². The first kappa shape index (κ1) is 17.6. The van der Waals surface area contributed by atoms with E-state index in [0.29, 0.717) is 18.3 Å². The number of Topliss-reactive ketones (excluding diaryl/α,β-unsaturated/α-hetero) is 1. The van der Waals surface area contributed by atoms with Crippen LogP contribution >= 0.6 is 0 Å². The van der Waals surface area contributed by atoms with Crippen molar-refractivity contribution in [3.8, 4) is 0 Å². The molecular formula is C15H31NO2. The number of carbonyl (C=O) groups excluding carboxylic acids is 1. The van der Waals surface area contributed by atoms with Gasteiger partial charge < -0.3 is 9.64 Å². The van der Waals surface area contributed by atoms with Gasteiger partial charge in [0, 0.05) is 33.2 Å². The molecule has 0 spiro atoms. The molecule has 0 unspecified atom stereocenters. The maximum atomic E-state index is 12.0. The lowest BCUT2D eigenvalue weighted by atomic mass is 10.00. The van der Waals surface area contributed by atoms with E-state index >= 15 is 0 Å². The molecule has 0 aromatic heterocycles. The molecule has 3 heteroatoms. The molecule has 0 radical (unpaired) electrons. The molecule has 0 amide bonds. The minimum absolute atomic E-state index is 0.183. The van der Waals surface area contributed by atoms with E-state index in [4.69, 9.17) is 4.74 Å². The molecule has 18 heavy (non-hydrogen) atoms. The van der Waals surface area contributed by atoms with E-state index in [9.17, 15) is 4.79 Å². The Hall–Kier alpha value is -0.410. The number of hydrogen-bond acceptors (Lipinski definition) is 3. The lowest BCUT2D eigenvalue weighted by Gasteiger charge is -2.27. The maximum Gasteiger partial charge on any atom is 0.165 e. The second-order valence-electron chi connectivity index (χ2n) is 6.43. The Bertz CT molecular complexity index is 237. The zero-order valence-corrected chi connectivity index (χ0v) is 13.2. The van der Waals surface area contributed by atoms with Gasteiger partial charge >= 0.3 is 0 Å². The third-order valence-corrected chi connectivity index (χ3v) is 3.08. The summed E-state index contributed by atoms with van der Waals surface area (Å²) in [5.74, 6) is 1.45. The van der Waals surface area contributed by atoms with Crippen molar-refractivity contribution in [2.75, 3.05) is 26.7 Å². The molecule has 0 rings (SSSR count). The quantitative estimate of drug-likeness (QED) is 0.636. The monoisotopic (exact) mass is 257 g/mol. The molecule has 0 heterocycles. The van der Waals surface area contributed by atoms with Crippen molar-refractivity contribution in [2.45, 2.75) is 53.6 Å². The van der Waals surface area contributed by atoms with Crippen molar-refractivity contribution in [2.24, 2.45) is 11.8 Å². The average molecular weight is 257 g/mol. The van der Waals surface area contributed by atoms with Gasteiger partial charge in [-0.2, -0.15) is 0 Å². The van der Waals surface area contributed by atoms with Gasteiger partial charge in [-0.05, 0) is 25.7 Å². The van der Waals surface area contributed by atoms with Gasteiger partial charge in [0.15, 0.2) is 5.78 Å². The summed E-state index contributed by atoms with van der Waals surface area (Å²) in [5.41, 5.74) is -0.651. The molecule has 108 valence electrons. The fourth-order valence-electron chi connectivity index (χ4n) is 1.96. The van der Waals surface area contributed by atoms with E-state index in [0.717, 1.165) is 19.6 Å². The van der Waals surface area contributed by atoms with E-state index in [1.54, 1.807) is 7.11 Å². The number of rotatable bonds is 9. The predicted octanol–water partition coefficient (Wildman–Crippen LogP) is 2.98. The number of hydrogen-bond donors (Lipinski definition) is 0. The van der Waals surface area contributed by atoms with Crippen LogP contribution in [0.5, 0.6) is 0 Å². The second-order valence-corrected chi connectivity index (χ2v) is 6.43. The standard InChI is InChI=1S/C15H31NO2/c1-12(2)10-16(11-13(3)4)9-8-14(17)15(5,6)18-7/h12-13H,8-11H2,1-7H3. The summed E-state index contributed by atoms with van der Waals surface area (Å²) >= 11 is 0. The molecule has 0 N–H and O–H groups in total. The van der Waals surface area contributed by atoms with Gasteiger partial charge in [0.1, 0.15) is 5.60 Å². The predicted molar refractivity (Wildman–Crippen MR) is 76.8 cm³/mol. The summed E-state index contributed by atoms with van der Waals surface area (Å²) in [7, 11) is 1.60. The van der Waals surface area contributed by atoms with E-state index in [1.807, 2.05) is 13.8 Å². The highest BCUT2D eigenvalue weighted by Crippen LogP contribution is 2.13. The first-order valence-corrected chi connectivity index (χ1v) is 6.99. The zero-order valence-electron chi connectivity index (χ0n) is 13.2. The summed E-state index contributed by atoms with van der Waals surface area (Å²) in [6, 6.07) is 0. The van der Waals surface area contributed by atoms with Gasteiger partial charge in [-0.1, -0.05) is 27.7 Å². The van der Waals surface area contributed by atoms with Crippen molar-refractivity contribution >= 4 is 5.78 Å². The molecular weight excluding hydrogens is 226 g/mol. The van der Waals surface area contributed by atoms with Crippen molar-refractivity contribution in [1.82, 2.24) is 4.90 Å². The van der Waals surface area contributed by atoms with Crippen molar-refractivity contribution < 1.29 is 9.53 Å². The van der Waals surface area contributed by atoms with Crippen LogP contribution in [0.2, 0.25) is 0 Å². The minimum Gasteiger partial charge on any atom is -0.371 e. The van der Waals surface area contributed by atoms with Crippen LogP contribution in [0.1, 0.15) is 48.0 Å². The van der Waals surface area contributed by atoms with Crippen LogP contribution in [0.4, 0.5) is 0 Å². The molecule has 0 fully saturated rings. The largest absolute Gasteiger partial charge is 0.371 e. The normalized spacial score (nSPS) is 12.8. The van der Waals surface area contributed by atoms with E-state index < -0.39 is 5.60 Å². The number of nitrogens with zero attached hydrogens (tertiary/aromatic N) is 1. The number of ether oxygens (including phenoxy) is 1. The highest BCUT2D eigenvalue weighted by Gasteiger charge is 2.26. The van der Waals surface area contributed by atoms with Gasteiger partial charge in [-0.25, -0.2) is 0 Å². The van der Waals surface area contributed by atoms with Gasteiger partial charge in [-0.3, -0.25) is 4.79 Å². The van der Waals surface area contributed by atoms with Crippen LogP contribution in [0.25, 0.3) is 0 Å². The average Bonchev–Trinajstić information content (AvgIpc) is 2.23. The summed E-state index contributed by atoms with van der Waals surface area (Å²) in [4.78, 5) is 14.4. The lowest BCUT2D eigenvalue weighted by Crippen LogP contribution is -2.38. The lowest BCUT2D eigenvalue weighted by molar-refractivity contribution is -0.137. The first-order chi connectivity index (χ1) is 8.19. The van der Waals surface area contributed by atoms with Crippen LogP contribution < -0.4 is 0 Å². The summed E-state index contributed by atoms with van der Waals surface area (Å²) in [5, 5.41) is 0. The number of carbonyl (C=O) groups is 1. The first-order valence-electron chi connectivity index (χ1n) is 6.99. The van der Waals surface area contributed by atoms with Gasteiger partial charge in [-0.15, -0.1) is 0 Å². The van der Waals surface area contributed by atoms with Crippen LogP contribution in [0, 0.1) is 11.8 Å². The maximum absolute atomic E-state index is 12.0. The van der Waals surface area contributed by atoms with Gasteiger partial charge in [0.25, 0.3) is 0 Å². The Kier molecular flexibility index (Phi) is 7.72. The molecule has 0 atom stereocenters. The molecule has 0 aliphatic rings. The second kappa shape index (κ2) is 7.90. The van der Waals surface area contributed by atoms with Gasteiger partial charge in [0.2, 0.25) is 0 Å². The van der Waals surface area contributed by atoms with Crippen molar-refractivity contribution in [3.63, 3.8) is 0 Å². The number of ketones is 1. The summed E-state index contributed by atoms with van der Waals surface area (Å²) < 4.78 is 5.23. The third kappa shape index (κ3) is 7.12. The van der Waals surface area contributed by atoms with E-state index in [1.165, 1.54) is 0 Å². The van der Waals surface area contributed by atoms with Crippen molar-refractivity contribution in [1.29, 1.82) is 0 Å². The highest BCUT2D eigenvalue weighted by atomic mass is 16.5. The Balaban J connectivity index is 4.29. The van der Waals surface area contributed by atoms with Crippen LogP contribution in [-0.2, 0) is 9.53 Å². The SMILES string of the molecule is COC(C)(C)C(=O)CCN(CC(C)C)CC(C)C. The van der Waals surface area contributed by atoms with Crippen molar-refractivity contribution in [3.05, 3.63) is 0 Å². The summed E-state index contributed by atoms with van der Waals surface area (Å²) in [6.07, 6.45) is 0.570. The van der Waals surface area contributed by atoms with Crippen LogP contribution in [0.15, 0.2) is 0 Å². The smallest absolute Gasteiger partial charge is 0.165 e. The molecule has 0 saturated heterocycles. The molecule has 0 aromatic rings. The Morgan fingerprint density at radius 1 is 1.11 bits per heavy atom. The Morgan fingerprint density at radius 3 is 1.89 bits per heavy atom. The van der Waals surface area contributed by atoms with E-state index in [2.05, 4.69) is 32.6 Å². The molecule has 0 saturated carbocycles. The fraction of sp³-hybridized carbons (Fsp3) is 0.933. The zero-order chi connectivity index (χ0) is 14.3. The highest BCUT2D eigenvalue weighted by molar-refractivity contribution is 5.86. The molecule has 0 aromatic carbocycles. The van der Waals surface area contributed by atoms with Gasteiger partial charge in [0.05, 0.1) is 0 Å². The third-order valence-electron chi connectivity index (χ3n) is 3.08. The summed E-state index contributed by atoms with van der Waals surface area (Å²) in [6.45, 7) is 15.5. The minimum atomic E-state index is -0.651. The molecule has 0 aliphatic heterocycles. The van der Waals surface area contributed by atoms with Crippen LogP contribution in [0.3, 0.4) is 0 Å². The Morgan fingerprint density at radius 2 is 1.56 bits per heavy atom. The van der Waals surface area contributed by atoms with E-state index in [-0.39, 0.29) is 5.78 Å². The van der Waals surface area contributed by atoms with Crippen LogP contribution in [-0.4, -0.2) is 43.0 Å². The molecule has 3 nitrogen and oxygen atoms in total.